The van der Waals surface area contributed by atoms with Gasteiger partial charge in [-0.25, -0.2) is 0 Å². The van der Waals surface area contributed by atoms with Crippen LogP contribution < -0.4 is 11.1 Å². The number of carbonyl (C=O) groups is 1. The molecular formula is C14H27N3O2. The van der Waals surface area contributed by atoms with Crippen LogP contribution in [-0.4, -0.2) is 23.0 Å². The number of unbranched alkanes of at least 4 members (excludes halogenated alkanes) is 5. The Balaban J connectivity index is 2.15. The van der Waals surface area contributed by atoms with Gasteiger partial charge in [0.05, 0.1) is 6.04 Å². The van der Waals surface area contributed by atoms with E-state index in [2.05, 4.69) is 17.4 Å². The summed E-state index contributed by atoms with van der Waals surface area (Å²) in [6, 6.07) is -0.280. The first kappa shape index (κ1) is 15.8. The standard InChI is InChI=1S/C14H27N3O2/c1-2-3-4-5-6-7-8-12(18)16-13(11-9-10-11)14(15)17-19/h11,13,19H,2-10H2,1H3,(H2,15,17)(H,16,18). The molecule has 0 saturated heterocycles. The molecule has 1 saturated carbocycles. The van der Waals surface area contributed by atoms with Gasteiger partial charge in [0.1, 0.15) is 0 Å². The molecule has 4 N–H and O–H groups in total. The van der Waals surface area contributed by atoms with Crippen molar-refractivity contribution in [1.29, 1.82) is 0 Å². The molecule has 0 radical (unpaired) electrons. The van der Waals surface area contributed by atoms with Crippen molar-refractivity contribution in [3.8, 4) is 0 Å². The molecule has 1 rings (SSSR count). The molecule has 0 aromatic heterocycles. The SMILES string of the molecule is CCCCCCCCC(=O)NC(C(N)=NO)C1CC1. The Morgan fingerprint density at radius 1 is 1.32 bits per heavy atom. The summed E-state index contributed by atoms with van der Waals surface area (Å²) >= 11 is 0. The molecule has 5 nitrogen and oxygen atoms in total. The average molecular weight is 269 g/mol. The van der Waals surface area contributed by atoms with Gasteiger partial charge in [0, 0.05) is 6.42 Å². The van der Waals surface area contributed by atoms with Crippen LogP contribution in [0.4, 0.5) is 0 Å². The van der Waals surface area contributed by atoms with Crippen LogP contribution in [0.3, 0.4) is 0 Å². The molecule has 1 atom stereocenters. The Labute approximate surface area is 115 Å². The van der Waals surface area contributed by atoms with Crippen LogP contribution >= 0.6 is 0 Å². The lowest BCUT2D eigenvalue weighted by atomic mass is 10.1. The van der Waals surface area contributed by atoms with Gasteiger partial charge < -0.3 is 16.3 Å². The molecule has 110 valence electrons. The van der Waals surface area contributed by atoms with Crippen molar-refractivity contribution in [2.45, 2.75) is 70.8 Å². The highest BCUT2D eigenvalue weighted by molar-refractivity contribution is 5.90. The normalized spacial score (nSPS) is 17.2. The number of oxime groups is 1. The highest BCUT2D eigenvalue weighted by atomic mass is 16.4. The Bertz CT molecular complexity index is 301. The molecule has 19 heavy (non-hydrogen) atoms. The van der Waals surface area contributed by atoms with Crippen molar-refractivity contribution >= 4 is 11.7 Å². The minimum Gasteiger partial charge on any atom is -0.409 e. The first-order valence-electron chi connectivity index (χ1n) is 7.45. The molecule has 1 fully saturated rings. The van der Waals surface area contributed by atoms with Crippen molar-refractivity contribution in [1.82, 2.24) is 5.32 Å². The van der Waals surface area contributed by atoms with E-state index in [0.717, 1.165) is 25.7 Å². The number of amidine groups is 1. The van der Waals surface area contributed by atoms with Gasteiger partial charge in [0.15, 0.2) is 5.84 Å². The van der Waals surface area contributed by atoms with E-state index in [4.69, 9.17) is 10.9 Å². The van der Waals surface area contributed by atoms with Gasteiger partial charge >= 0.3 is 0 Å². The predicted molar refractivity (Wildman–Crippen MR) is 76.1 cm³/mol. The molecular weight excluding hydrogens is 242 g/mol. The smallest absolute Gasteiger partial charge is 0.220 e. The summed E-state index contributed by atoms with van der Waals surface area (Å²) in [6.07, 6.45) is 9.61. The van der Waals surface area contributed by atoms with Crippen molar-refractivity contribution < 1.29 is 10.0 Å². The molecule has 0 aromatic rings. The molecule has 1 amide bonds. The van der Waals surface area contributed by atoms with Crippen LogP contribution in [0.15, 0.2) is 5.16 Å². The molecule has 0 spiro atoms. The molecule has 0 aliphatic heterocycles. The van der Waals surface area contributed by atoms with Crippen LogP contribution in [-0.2, 0) is 4.79 Å². The summed E-state index contributed by atoms with van der Waals surface area (Å²) in [7, 11) is 0. The van der Waals surface area contributed by atoms with E-state index in [1.165, 1.54) is 25.7 Å². The summed E-state index contributed by atoms with van der Waals surface area (Å²) in [5.74, 6) is 0.488. The van der Waals surface area contributed by atoms with Crippen LogP contribution in [0, 0.1) is 5.92 Å². The topological polar surface area (TPSA) is 87.7 Å². The van der Waals surface area contributed by atoms with Gasteiger partial charge in [-0.05, 0) is 25.2 Å². The highest BCUT2D eigenvalue weighted by Gasteiger charge is 2.35. The van der Waals surface area contributed by atoms with Gasteiger partial charge in [-0.15, -0.1) is 0 Å². The Morgan fingerprint density at radius 2 is 1.95 bits per heavy atom. The van der Waals surface area contributed by atoms with Gasteiger partial charge in [-0.3, -0.25) is 4.79 Å². The highest BCUT2D eigenvalue weighted by Crippen LogP contribution is 2.32. The molecule has 0 heterocycles. The maximum Gasteiger partial charge on any atom is 0.220 e. The fourth-order valence-electron chi connectivity index (χ4n) is 2.24. The lowest BCUT2D eigenvalue weighted by molar-refractivity contribution is -0.121. The molecule has 0 bridgehead atoms. The third-order valence-corrected chi connectivity index (χ3v) is 3.60. The lowest BCUT2D eigenvalue weighted by Crippen LogP contribution is -2.46. The predicted octanol–water partition coefficient (Wildman–Crippen LogP) is 2.38. The summed E-state index contributed by atoms with van der Waals surface area (Å²) < 4.78 is 0. The number of hydrogen-bond acceptors (Lipinski definition) is 3. The zero-order valence-electron chi connectivity index (χ0n) is 11.9. The van der Waals surface area contributed by atoms with Crippen LogP contribution in [0.2, 0.25) is 0 Å². The molecule has 1 unspecified atom stereocenters. The minimum atomic E-state index is -0.280. The van der Waals surface area contributed by atoms with E-state index in [1.54, 1.807) is 0 Å². The van der Waals surface area contributed by atoms with E-state index < -0.39 is 0 Å². The maximum absolute atomic E-state index is 11.8. The lowest BCUT2D eigenvalue weighted by Gasteiger charge is -2.16. The van der Waals surface area contributed by atoms with E-state index >= 15 is 0 Å². The van der Waals surface area contributed by atoms with Crippen molar-refractivity contribution in [2.75, 3.05) is 0 Å². The monoisotopic (exact) mass is 269 g/mol. The summed E-state index contributed by atoms with van der Waals surface area (Å²) in [5, 5.41) is 14.6. The fourth-order valence-corrected chi connectivity index (χ4v) is 2.24. The molecule has 1 aliphatic carbocycles. The number of nitrogens with zero attached hydrogens (tertiary/aromatic N) is 1. The second-order valence-electron chi connectivity index (χ2n) is 5.43. The number of amides is 1. The van der Waals surface area contributed by atoms with E-state index in [0.29, 0.717) is 12.3 Å². The minimum absolute atomic E-state index is 0.0130. The third-order valence-electron chi connectivity index (χ3n) is 3.60. The second-order valence-corrected chi connectivity index (χ2v) is 5.43. The molecule has 1 aliphatic rings. The van der Waals surface area contributed by atoms with Crippen LogP contribution in [0.25, 0.3) is 0 Å². The largest absolute Gasteiger partial charge is 0.409 e. The van der Waals surface area contributed by atoms with Gasteiger partial charge in [-0.2, -0.15) is 0 Å². The summed E-state index contributed by atoms with van der Waals surface area (Å²) in [5.41, 5.74) is 5.60. The number of carbonyl (C=O) groups excluding carboxylic acids is 1. The van der Waals surface area contributed by atoms with Gasteiger partial charge in [0.25, 0.3) is 0 Å². The molecule has 0 aromatic carbocycles. The number of rotatable bonds is 10. The zero-order valence-corrected chi connectivity index (χ0v) is 11.9. The average Bonchev–Trinajstić information content (AvgIpc) is 3.23. The Hall–Kier alpha value is -1.26. The van der Waals surface area contributed by atoms with Crippen LogP contribution in [0.5, 0.6) is 0 Å². The first-order valence-corrected chi connectivity index (χ1v) is 7.45. The second kappa shape index (κ2) is 8.77. The zero-order chi connectivity index (χ0) is 14.1. The van der Waals surface area contributed by atoms with Crippen molar-refractivity contribution in [3.63, 3.8) is 0 Å². The Morgan fingerprint density at radius 3 is 2.53 bits per heavy atom. The van der Waals surface area contributed by atoms with Crippen molar-refractivity contribution in [3.05, 3.63) is 0 Å². The number of nitrogens with one attached hydrogen (secondary N) is 1. The van der Waals surface area contributed by atoms with E-state index in [-0.39, 0.29) is 17.8 Å². The summed E-state index contributed by atoms with van der Waals surface area (Å²) in [4.78, 5) is 11.8. The maximum atomic E-state index is 11.8. The van der Waals surface area contributed by atoms with Gasteiger partial charge in [-0.1, -0.05) is 44.2 Å². The van der Waals surface area contributed by atoms with E-state index in [1.807, 2.05) is 0 Å². The quantitative estimate of drug-likeness (QED) is 0.187. The summed E-state index contributed by atoms with van der Waals surface area (Å²) in [6.45, 7) is 2.19. The fraction of sp³-hybridized carbons (Fsp3) is 0.857. The van der Waals surface area contributed by atoms with Crippen molar-refractivity contribution in [2.24, 2.45) is 16.8 Å². The van der Waals surface area contributed by atoms with E-state index in [9.17, 15) is 4.79 Å². The number of nitrogens with two attached hydrogens (primary N) is 1. The van der Waals surface area contributed by atoms with Gasteiger partial charge in [0.2, 0.25) is 5.91 Å². The first-order chi connectivity index (χ1) is 9.19. The molecule has 5 heteroatoms. The third kappa shape index (κ3) is 6.45. The number of hydrogen-bond donors (Lipinski definition) is 3. The Kier molecular flexibility index (Phi) is 7.30. The van der Waals surface area contributed by atoms with Crippen LogP contribution in [0.1, 0.15) is 64.7 Å².